The molecule has 3 rings (SSSR count). The highest BCUT2D eigenvalue weighted by Gasteiger charge is 2.42. The standard InChI is InChI=1S/C23H28N2O5S/c1-6-10-29-17-8-7-16(12-18(17)28-5)21-20(22(27)30-13-14(2)3)15(4)24-23-25(21)19(26)9-11-31-23/h6-8,12,14,21H,1,9-11,13H2,2-5H3/t21-/m1/s1. The Hall–Kier alpha value is -2.74. The van der Waals surface area contributed by atoms with Crippen LogP contribution in [-0.2, 0) is 14.3 Å². The number of amidine groups is 1. The van der Waals surface area contributed by atoms with Gasteiger partial charge in [0.05, 0.1) is 31.0 Å². The number of hydrogen-bond donors (Lipinski definition) is 0. The van der Waals surface area contributed by atoms with Gasteiger partial charge in [-0.1, -0.05) is 44.3 Å². The van der Waals surface area contributed by atoms with E-state index in [0.717, 1.165) is 5.56 Å². The van der Waals surface area contributed by atoms with Crippen LogP contribution in [0.4, 0.5) is 0 Å². The summed E-state index contributed by atoms with van der Waals surface area (Å²) in [5.74, 6) is 1.38. The number of carbonyl (C=O) groups excluding carboxylic acids is 2. The van der Waals surface area contributed by atoms with Gasteiger partial charge in [-0.3, -0.25) is 9.69 Å². The van der Waals surface area contributed by atoms with Crippen molar-refractivity contribution < 1.29 is 23.8 Å². The first-order chi connectivity index (χ1) is 14.9. The van der Waals surface area contributed by atoms with Gasteiger partial charge < -0.3 is 14.2 Å². The van der Waals surface area contributed by atoms with E-state index in [2.05, 4.69) is 11.6 Å². The van der Waals surface area contributed by atoms with Crippen LogP contribution >= 0.6 is 11.8 Å². The molecule has 0 unspecified atom stereocenters. The highest BCUT2D eigenvalue weighted by molar-refractivity contribution is 8.14. The van der Waals surface area contributed by atoms with E-state index in [4.69, 9.17) is 14.2 Å². The van der Waals surface area contributed by atoms with Crippen LogP contribution in [0, 0.1) is 5.92 Å². The third-order valence-corrected chi connectivity index (χ3v) is 5.79. The molecule has 2 aliphatic rings. The molecule has 7 nitrogen and oxygen atoms in total. The number of aliphatic imine (C=N–C) groups is 1. The van der Waals surface area contributed by atoms with Gasteiger partial charge in [0.25, 0.3) is 0 Å². The molecule has 0 radical (unpaired) electrons. The second-order valence-corrected chi connectivity index (χ2v) is 8.72. The smallest absolute Gasteiger partial charge is 0.338 e. The SMILES string of the molecule is C=CCOc1ccc([C@@H]2C(C(=O)OCC(C)C)=C(C)N=C3SCCC(=O)N32)cc1OC. The predicted molar refractivity (Wildman–Crippen MR) is 121 cm³/mol. The number of methoxy groups -OCH3 is 1. The fraction of sp³-hybridized carbons (Fsp3) is 0.435. The van der Waals surface area contributed by atoms with Gasteiger partial charge in [0.2, 0.25) is 5.91 Å². The second-order valence-electron chi connectivity index (χ2n) is 7.66. The summed E-state index contributed by atoms with van der Waals surface area (Å²) in [4.78, 5) is 32.1. The Labute approximate surface area is 187 Å². The van der Waals surface area contributed by atoms with Crippen molar-refractivity contribution in [3.63, 3.8) is 0 Å². The monoisotopic (exact) mass is 444 g/mol. The lowest BCUT2D eigenvalue weighted by Crippen LogP contribution is -2.45. The van der Waals surface area contributed by atoms with E-state index in [1.54, 1.807) is 37.1 Å². The van der Waals surface area contributed by atoms with Gasteiger partial charge in [0.1, 0.15) is 6.61 Å². The number of carbonyl (C=O) groups is 2. The summed E-state index contributed by atoms with van der Waals surface area (Å²) in [5.41, 5.74) is 1.64. The quantitative estimate of drug-likeness (QED) is 0.444. The largest absolute Gasteiger partial charge is 0.493 e. The van der Waals surface area contributed by atoms with Crippen molar-refractivity contribution in [3.05, 3.63) is 47.7 Å². The number of thioether (sulfide) groups is 1. The fourth-order valence-corrected chi connectivity index (χ4v) is 4.42. The van der Waals surface area contributed by atoms with Crippen molar-refractivity contribution in [2.75, 3.05) is 26.1 Å². The fourth-order valence-electron chi connectivity index (χ4n) is 3.41. The van der Waals surface area contributed by atoms with Gasteiger partial charge in [0, 0.05) is 12.2 Å². The molecule has 166 valence electrons. The maximum absolute atomic E-state index is 13.1. The number of benzene rings is 1. The molecular weight excluding hydrogens is 416 g/mol. The molecule has 0 aliphatic carbocycles. The molecule has 1 amide bonds. The Morgan fingerprint density at radius 3 is 2.84 bits per heavy atom. The first-order valence-corrected chi connectivity index (χ1v) is 11.2. The Bertz CT molecular complexity index is 938. The summed E-state index contributed by atoms with van der Waals surface area (Å²) < 4.78 is 16.7. The Kier molecular flexibility index (Phi) is 7.43. The van der Waals surface area contributed by atoms with Crippen LogP contribution in [0.3, 0.4) is 0 Å². The molecular formula is C23H28N2O5S. The Morgan fingerprint density at radius 2 is 2.16 bits per heavy atom. The number of hydrogen-bond acceptors (Lipinski definition) is 7. The van der Waals surface area contributed by atoms with Crippen LogP contribution in [0.5, 0.6) is 11.5 Å². The van der Waals surface area contributed by atoms with E-state index in [0.29, 0.717) is 53.3 Å². The molecule has 0 spiro atoms. The number of amides is 1. The van der Waals surface area contributed by atoms with Crippen molar-refractivity contribution in [2.24, 2.45) is 10.9 Å². The van der Waals surface area contributed by atoms with E-state index in [1.165, 1.54) is 11.8 Å². The summed E-state index contributed by atoms with van der Waals surface area (Å²) >= 11 is 1.51. The topological polar surface area (TPSA) is 77.4 Å². The number of allylic oxidation sites excluding steroid dienone is 1. The van der Waals surface area contributed by atoms with Crippen molar-refractivity contribution in [1.29, 1.82) is 0 Å². The van der Waals surface area contributed by atoms with E-state index in [9.17, 15) is 9.59 Å². The van der Waals surface area contributed by atoms with Gasteiger partial charge >= 0.3 is 5.97 Å². The molecule has 1 saturated heterocycles. The number of ether oxygens (including phenoxy) is 3. The minimum atomic E-state index is -0.644. The summed E-state index contributed by atoms with van der Waals surface area (Å²) in [5, 5.41) is 0.602. The molecule has 31 heavy (non-hydrogen) atoms. The predicted octanol–water partition coefficient (Wildman–Crippen LogP) is 4.11. The molecule has 2 aliphatic heterocycles. The number of esters is 1. The minimum Gasteiger partial charge on any atom is -0.493 e. The zero-order valence-electron chi connectivity index (χ0n) is 18.3. The first kappa shape index (κ1) is 22.9. The third kappa shape index (κ3) is 4.95. The average Bonchev–Trinajstić information content (AvgIpc) is 2.75. The zero-order valence-corrected chi connectivity index (χ0v) is 19.2. The van der Waals surface area contributed by atoms with Gasteiger partial charge in [-0.25, -0.2) is 9.79 Å². The van der Waals surface area contributed by atoms with Crippen LogP contribution in [0.1, 0.15) is 38.8 Å². The molecule has 0 bridgehead atoms. The third-order valence-electron chi connectivity index (χ3n) is 4.83. The highest BCUT2D eigenvalue weighted by Crippen LogP contribution is 2.42. The van der Waals surface area contributed by atoms with E-state index >= 15 is 0 Å². The molecule has 8 heteroatoms. The maximum atomic E-state index is 13.1. The molecule has 0 aromatic heterocycles. The molecule has 1 atom stereocenters. The first-order valence-electron chi connectivity index (χ1n) is 10.2. The lowest BCUT2D eigenvalue weighted by molar-refractivity contribution is -0.141. The Morgan fingerprint density at radius 1 is 1.39 bits per heavy atom. The van der Waals surface area contributed by atoms with Crippen LogP contribution in [0.25, 0.3) is 0 Å². The minimum absolute atomic E-state index is 0.0740. The lowest BCUT2D eigenvalue weighted by Gasteiger charge is -2.39. The molecule has 2 heterocycles. The number of nitrogens with zero attached hydrogens (tertiary/aromatic N) is 2. The zero-order chi connectivity index (χ0) is 22.5. The van der Waals surface area contributed by atoms with Crippen molar-refractivity contribution >= 4 is 28.8 Å². The van der Waals surface area contributed by atoms with Gasteiger partial charge in [-0.15, -0.1) is 0 Å². The van der Waals surface area contributed by atoms with Crippen LogP contribution < -0.4 is 9.47 Å². The summed E-state index contributed by atoms with van der Waals surface area (Å²) in [6, 6.07) is 4.76. The second kappa shape index (κ2) is 10.0. The van der Waals surface area contributed by atoms with Gasteiger partial charge in [0.15, 0.2) is 16.7 Å². The van der Waals surface area contributed by atoms with Crippen LogP contribution in [-0.4, -0.2) is 48.0 Å². The molecule has 1 fully saturated rings. The van der Waals surface area contributed by atoms with Gasteiger partial charge in [-0.05, 0) is 30.5 Å². The molecule has 0 saturated carbocycles. The number of fused-ring (bicyclic) bond motifs is 1. The number of rotatable bonds is 8. The molecule has 1 aromatic rings. The van der Waals surface area contributed by atoms with Crippen molar-refractivity contribution in [3.8, 4) is 11.5 Å². The summed E-state index contributed by atoms with van der Waals surface area (Å²) in [7, 11) is 1.55. The van der Waals surface area contributed by atoms with E-state index in [-0.39, 0.29) is 11.8 Å². The maximum Gasteiger partial charge on any atom is 0.338 e. The molecule has 0 N–H and O–H groups in total. The lowest BCUT2D eigenvalue weighted by atomic mass is 9.93. The van der Waals surface area contributed by atoms with Crippen LogP contribution in [0.2, 0.25) is 0 Å². The van der Waals surface area contributed by atoms with E-state index < -0.39 is 12.0 Å². The Balaban J connectivity index is 2.08. The van der Waals surface area contributed by atoms with Crippen molar-refractivity contribution in [2.45, 2.75) is 33.2 Å². The average molecular weight is 445 g/mol. The normalized spacial score (nSPS) is 18.5. The summed E-state index contributed by atoms with van der Waals surface area (Å²) in [6.07, 6.45) is 2.03. The van der Waals surface area contributed by atoms with Crippen LogP contribution in [0.15, 0.2) is 47.1 Å². The van der Waals surface area contributed by atoms with E-state index in [1.807, 2.05) is 19.9 Å². The molecule has 1 aromatic carbocycles. The highest BCUT2D eigenvalue weighted by atomic mass is 32.2. The van der Waals surface area contributed by atoms with Gasteiger partial charge in [-0.2, -0.15) is 0 Å². The van der Waals surface area contributed by atoms with Crippen molar-refractivity contribution in [1.82, 2.24) is 4.90 Å². The summed E-state index contributed by atoms with van der Waals surface area (Å²) in [6.45, 7) is 10.0.